The summed E-state index contributed by atoms with van der Waals surface area (Å²) in [4.78, 5) is 16.3. The predicted octanol–water partition coefficient (Wildman–Crippen LogP) is 3.06. The van der Waals surface area contributed by atoms with Gasteiger partial charge in [0, 0.05) is 16.1 Å². The van der Waals surface area contributed by atoms with Crippen LogP contribution in [-0.4, -0.2) is 16.9 Å². The highest BCUT2D eigenvalue weighted by Gasteiger charge is 2.13. The first-order chi connectivity index (χ1) is 9.11. The number of aromatic nitrogens is 1. The van der Waals surface area contributed by atoms with E-state index in [1.54, 1.807) is 6.20 Å². The van der Waals surface area contributed by atoms with E-state index in [0.717, 1.165) is 21.8 Å². The van der Waals surface area contributed by atoms with Crippen LogP contribution in [0.1, 0.15) is 19.8 Å². The summed E-state index contributed by atoms with van der Waals surface area (Å²) < 4.78 is 0.908. The lowest BCUT2D eigenvalue weighted by Gasteiger charge is -2.12. The van der Waals surface area contributed by atoms with Gasteiger partial charge in [-0.1, -0.05) is 25.5 Å². The second kappa shape index (κ2) is 6.12. The normalized spacial score (nSPS) is 12.4. The fraction of sp³-hybridized carbons (Fsp3) is 0.286. The van der Waals surface area contributed by atoms with E-state index in [4.69, 9.17) is 5.73 Å². The molecule has 0 saturated heterocycles. The van der Waals surface area contributed by atoms with Gasteiger partial charge in [-0.15, -0.1) is 0 Å². The Balaban J connectivity index is 2.28. The highest BCUT2D eigenvalue weighted by atomic mass is 79.9. The van der Waals surface area contributed by atoms with Crippen molar-refractivity contribution in [2.75, 3.05) is 5.32 Å². The van der Waals surface area contributed by atoms with E-state index in [9.17, 15) is 4.79 Å². The number of fused-ring (bicyclic) bond motifs is 1. The summed E-state index contributed by atoms with van der Waals surface area (Å²) in [6.07, 6.45) is 3.27. The monoisotopic (exact) mass is 321 g/mol. The summed E-state index contributed by atoms with van der Waals surface area (Å²) in [6, 6.07) is 7.16. The van der Waals surface area contributed by atoms with Gasteiger partial charge in [-0.2, -0.15) is 0 Å². The number of amides is 1. The highest BCUT2D eigenvalue weighted by molar-refractivity contribution is 9.10. The maximum atomic E-state index is 11.9. The Bertz CT molecular complexity index is 600. The average molecular weight is 322 g/mol. The zero-order chi connectivity index (χ0) is 13.8. The van der Waals surface area contributed by atoms with Crippen LogP contribution in [0, 0.1) is 0 Å². The van der Waals surface area contributed by atoms with Crippen molar-refractivity contribution in [1.82, 2.24) is 4.98 Å². The third-order valence-electron chi connectivity index (χ3n) is 2.87. The van der Waals surface area contributed by atoms with Crippen molar-refractivity contribution in [3.63, 3.8) is 0 Å². The fourth-order valence-corrected chi connectivity index (χ4v) is 2.25. The molecule has 0 aliphatic heterocycles. The molecule has 5 heteroatoms. The lowest BCUT2D eigenvalue weighted by molar-refractivity contribution is -0.117. The van der Waals surface area contributed by atoms with Crippen LogP contribution < -0.4 is 11.1 Å². The third-order valence-corrected chi connectivity index (χ3v) is 3.31. The molecule has 0 bridgehead atoms. The molecule has 0 fully saturated rings. The van der Waals surface area contributed by atoms with Crippen LogP contribution in [0.15, 0.2) is 34.9 Å². The van der Waals surface area contributed by atoms with Crippen LogP contribution in [0.3, 0.4) is 0 Å². The van der Waals surface area contributed by atoms with Gasteiger partial charge in [0.1, 0.15) is 0 Å². The Labute approximate surface area is 120 Å². The zero-order valence-electron chi connectivity index (χ0n) is 10.7. The minimum atomic E-state index is -0.476. The molecule has 2 aromatic rings. The van der Waals surface area contributed by atoms with E-state index in [1.165, 1.54) is 0 Å². The molecule has 0 unspecified atom stereocenters. The molecule has 0 spiro atoms. The first kappa shape index (κ1) is 14.0. The number of hydrogen-bond donors (Lipinski definition) is 2. The molecule has 1 atom stereocenters. The van der Waals surface area contributed by atoms with Crippen molar-refractivity contribution in [1.29, 1.82) is 0 Å². The van der Waals surface area contributed by atoms with Crippen molar-refractivity contribution >= 4 is 38.4 Å². The molecule has 1 heterocycles. The Kier molecular flexibility index (Phi) is 4.50. The summed E-state index contributed by atoms with van der Waals surface area (Å²) in [5.41, 5.74) is 7.27. The van der Waals surface area contributed by atoms with E-state index in [0.29, 0.717) is 12.1 Å². The van der Waals surface area contributed by atoms with Crippen LogP contribution in [0.2, 0.25) is 0 Å². The van der Waals surface area contributed by atoms with Crippen molar-refractivity contribution in [3.8, 4) is 0 Å². The second-order valence-electron chi connectivity index (χ2n) is 4.42. The minimum Gasteiger partial charge on any atom is -0.323 e. The summed E-state index contributed by atoms with van der Waals surface area (Å²) >= 11 is 3.38. The maximum Gasteiger partial charge on any atom is 0.241 e. The van der Waals surface area contributed by atoms with Crippen LogP contribution in [0.25, 0.3) is 10.9 Å². The summed E-state index contributed by atoms with van der Waals surface area (Å²) in [7, 11) is 0. The Hall–Kier alpha value is -1.46. The molecule has 19 heavy (non-hydrogen) atoms. The Morgan fingerprint density at radius 1 is 1.53 bits per heavy atom. The van der Waals surface area contributed by atoms with Crippen LogP contribution in [-0.2, 0) is 4.79 Å². The van der Waals surface area contributed by atoms with Crippen molar-refractivity contribution in [2.45, 2.75) is 25.8 Å². The quantitative estimate of drug-likeness (QED) is 0.909. The van der Waals surface area contributed by atoms with E-state index in [1.807, 2.05) is 31.2 Å². The number of carbonyl (C=O) groups excluding carboxylic acids is 1. The molecule has 1 aromatic carbocycles. The molecule has 3 N–H and O–H groups in total. The molecule has 1 amide bonds. The van der Waals surface area contributed by atoms with E-state index in [2.05, 4.69) is 26.2 Å². The van der Waals surface area contributed by atoms with Crippen LogP contribution in [0.5, 0.6) is 0 Å². The second-order valence-corrected chi connectivity index (χ2v) is 5.33. The number of anilines is 1. The zero-order valence-corrected chi connectivity index (χ0v) is 12.3. The van der Waals surface area contributed by atoms with Crippen molar-refractivity contribution in [2.24, 2.45) is 5.73 Å². The molecule has 0 aliphatic rings. The van der Waals surface area contributed by atoms with Gasteiger partial charge >= 0.3 is 0 Å². The van der Waals surface area contributed by atoms with Gasteiger partial charge in [-0.25, -0.2) is 0 Å². The standard InChI is InChI=1S/C14H16BrN3O/c1-2-4-11(16)14(19)18-12-6-3-5-9-7-10(15)8-17-13(9)12/h3,5-8,11H,2,4,16H2,1H3,(H,18,19)/t11-/m0/s1. The predicted molar refractivity (Wildman–Crippen MR) is 81.0 cm³/mol. The van der Waals surface area contributed by atoms with Gasteiger partial charge in [-0.3, -0.25) is 9.78 Å². The summed E-state index contributed by atoms with van der Waals surface area (Å²) in [5.74, 6) is -0.168. The highest BCUT2D eigenvalue weighted by Crippen LogP contribution is 2.24. The van der Waals surface area contributed by atoms with Gasteiger partial charge in [0.25, 0.3) is 0 Å². The first-order valence-electron chi connectivity index (χ1n) is 6.22. The Morgan fingerprint density at radius 2 is 2.32 bits per heavy atom. The number of para-hydroxylation sites is 1. The largest absolute Gasteiger partial charge is 0.323 e. The number of halogens is 1. The van der Waals surface area contributed by atoms with Crippen LogP contribution in [0.4, 0.5) is 5.69 Å². The number of hydrogen-bond acceptors (Lipinski definition) is 3. The lowest BCUT2D eigenvalue weighted by atomic mass is 10.1. The van der Waals surface area contributed by atoms with Gasteiger partial charge < -0.3 is 11.1 Å². The van der Waals surface area contributed by atoms with Crippen LogP contribution >= 0.6 is 15.9 Å². The molecule has 2 rings (SSSR count). The molecule has 0 radical (unpaired) electrons. The first-order valence-corrected chi connectivity index (χ1v) is 7.02. The van der Waals surface area contributed by atoms with Gasteiger partial charge in [0.05, 0.1) is 17.2 Å². The summed E-state index contributed by atoms with van der Waals surface area (Å²) in [6.45, 7) is 2.00. The molecule has 100 valence electrons. The molecular formula is C14H16BrN3O. The van der Waals surface area contributed by atoms with Crippen molar-refractivity contribution in [3.05, 3.63) is 34.9 Å². The molecule has 0 saturated carbocycles. The number of nitrogens with zero attached hydrogens (tertiary/aromatic N) is 1. The minimum absolute atomic E-state index is 0.168. The van der Waals surface area contributed by atoms with Gasteiger partial charge in [-0.05, 0) is 34.5 Å². The number of nitrogens with one attached hydrogen (secondary N) is 1. The number of pyridine rings is 1. The van der Waals surface area contributed by atoms with Crippen molar-refractivity contribution < 1.29 is 4.79 Å². The Morgan fingerprint density at radius 3 is 3.05 bits per heavy atom. The topological polar surface area (TPSA) is 68.0 Å². The van der Waals surface area contributed by atoms with Gasteiger partial charge in [0.15, 0.2) is 0 Å². The lowest BCUT2D eigenvalue weighted by Crippen LogP contribution is -2.35. The SMILES string of the molecule is CCC[C@H](N)C(=O)Nc1cccc2cc(Br)cnc12. The van der Waals surface area contributed by atoms with E-state index in [-0.39, 0.29) is 5.91 Å². The maximum absolute atomic E-state index is 11.9. The fourth-order valence-electron chi connectivity index (χ4n) is 1.90. The summed E-state index contributed by atoms with van der Waals surface area (Å²) in [5, 5.41) is 3.82. The molecular weight excluding hydrogens is 306 g/mol. The third kappa shape index (κ3) is 3.30. The van der Waals surface area contributed by atoms with E-state index >= 15 is 0 Å². The van der Waals surface area contributed by atoms with E-state index < -0.39 is 6.04 Å². The molecule has 0 aliphatic carbocycles. The smallest absolute Gasteiger partial charge is 0.241 e. The average Bonchev–Trinajstić information content (AvgIpc) is 2.38. The number of carbonyl (C=O) groups is 1. The molecule has 1 aromatic heterocycles. The number of rotatable bonds is 4. The molecule has 4 nitrogen and oxygen atoms in total. The number of nitrogens with two attached hydrogens (primary N) is 1. The van der Waals surface area contributed by atoms with Gasteiger partial charge in [0.2, 0.25) is 5.91 Å². The number of benzene rings is 1.